The van der Waals surface area contributed by atoms with Crippen molar-refractivity contribution in [2.24, 2.45) is 0 Å². The smallest absolute Gasteiger partial charge is 0.121 e. The van der Waals surface area contributed by atoms with Crippen molar-refractivity contribution in [3.05, 3.63) is 27.7 Å². The van der Waals surface area contributed by atoms with Gasteiger partial charge in [-0.3, -0.25) is 0 Å². The van der Waals surface area contributed by atoms with Crippen LogP contribution in [0.15, 0.2) is 12.1 Å². The molecule has 0 heterocycles. The van der Waals surface area contributed by atoms with E-state index in [0.29, 0.717) is 15.2 Å². The fraction of sp³-hybridized carbons (Fsp3) is 0.143. The summed E-state index contributed by atoms with van der Waals surface area (Å²) >= 11 is 29.2. The molecule has 0 saturated heterocycles. The molecule has 1 rings (SSSR count). The van der Waals surface area contributed by atoms with E-state index in [4.69, 9.17) is 56.4 Å². The summed E-state index contributed by atoms with van der Waals surface area (Å²) in [6.07, 6.45) is 0. The summed E-state index contributed by atoms with van der Waals surface area (Å²) < 4.78 is 0. The van der Waals surface area contributed by atoms with Gasteiger partial charge in [-0.1, -0.05) is 23.2 Å². The number of benzene rings is 1. The fourth-order valence-corrected chi connectivity index (χ4v) is 4.26. The second-order valence-corrected chi connectivity index (χ2v) is 11.8. The first-order chi connectivity index (χ1) is 5.82. The monoisotopic (exact) mass is 292 g/mol. The second-order valence-electron chi connectivity index (χ2n) is 2.58. The zero-order chi connectivity index (χ0) is 10.2. The number of rotatable bonds is 1. The first kappa shape index (κ1) is 12.0. The van der Waals surface area contributed by atoms with Crippen LogP contribution in [-0.2, 0) is 0 Å². The van der Waals surface area contributed by atoms with Crippen LogP contribution in [0.3, 0.4) is 0 Å². The average molecular weight is 294 g/mol. The molecule has 0 aliphatic heterocycles. The second kappa shape index (κ2) is 4.17. The average Bonchev–Trinajstić information content (AvgIpc) is 1.94. The molecule has 6 heteroatoms. The molecule has 13 heavy (non-hydrogen) atoms. The molecular formula is C7H5Cl5Si. The lowest BCUT2D eigenvalue weighted by molar-refractivity contribution is 1.49. The van der Waals surface area contributed by atoms with Gasteiger partial charge in [0.15, 0.2) is 0 Å². The zero-order valence-corrected chi connectivity index (χ0v) is 11.3. The van der Waals surface area contributed by atoms with Gasteiger partial charge in [0.2, 0.25) is 0 Å². The normalized spacial score (nSPS) is 11.8. The van der Waals surface area contributed by atoms with E-state index in [1.165, 1.54) is 0 Å². The third-order valence-electron chi connectivity index (χ3n) is 1.55. The van der Waals surface area contributed by atoms with Gasteiger partial charge in [-0.15, -0.1) is 33.2 Å². The largest absolute Gasteiger partial charge is 0.374 e. The molecule has 0 radical (unpaired) electrons. The van der Waals surface area contributed by atoms with Crippen LogP contribution in [0.5, 0.6) is 0 Å². The van der Waals surface area contributed by atoms with Crippen molar-refractivity contribution in [1.29, 1.82) is 0 Å². The summed E-state index contributed by atoms with van der Waals surface area (Å²) in [4.78, 5) is 0. The van der Waals surface area contributed by atoms with E-state index in [-0.39, 0.29) is 0 Å². The zero-order valence-electron chi connectivity index (χ0n) is 6.54. The van der Waals surface area contributed by atoms with Gasteiger partial charge in [0.25, 0.3) is 0 Å². The highest BCUT2D eigenvalue weighted by atomic mass is 35.8. The van der Waals surface area contributed by atoms with Gasteiger partial charge in [-0.25, -0.2) is 0 Å². The van der Waals surface area contributed by atoms with Gasteiger partial charge in [0, 0.05) is 15.2 Å². The molecule has 0 N–H and O–H groups in total. The third-order valence-corrected chi connectivity index (χ3v) is 5.29. The van der Waals surface area contributed by atoms with Crippen molar-refractivity contribution in [1.82, 2.24) is 0 Å². The van der Waals surface area contributed by atoms with Crippen molar-refractivity contribution in [2.75, 3.05) is 0 Å². The number of halogens is 5. The first-order valence-corrected chi connectivity index (χ1v) is 9.14. The predicted molar refractivity (Wildman–Crippen MR) is 64.1 cm³/mol. The van der Waals surface area contributed by atoms with Crippen LogP contribution in [0.2, 0.25) is 10.0 Å². The summed E-state index contributed by atoms with van der Waals surface area (Å²) in [6, 6.07) is 0.394. The van der Waals surface area contributed by atoms with Crippen molar-refractivity contribution in [3.63, 3.8) is 0 Å². The van der Waals surface area contributed by atoms with Crippen LogP contribution in [0.25, 0.3) is 0 Å². The lowest BCUT2D eigenvalue weighted by Gasteiger charge is -2.11. The SMILES string of the molecule is Cc1cc(Cl)c([Si](Cl)(Cl)Cl)cc1Cl. The highest BCUT2D eigenvalue weighted by Gasteiger charge is 2.31. The Balaban J connectivity index is 3.32. The molecule has 0 aliphatic rings. The molecule has 0 fully saturated rings. The van der Waals surface area contributed by atoms with Gasteiger partial charge in [-0.2, -0.15) is 0 Å². The molecule has 0 atom stereocenters. The Morgan fingerprint density at radius 2 is 1.54 bits per heavy atom. The van der Waals surface area contributed by atoms with Crippen LogP contribution in [-0.4, -0.2) is 6.00 Å². The Hall–Kier alpha value is 0.887. The van der Waals surface area contributed by atoms with E-state index >= 15 is 0 Å². The van der Waals surface area contributed by atoms with Crippen LogP contribution in [0.4, 0.5) is 0 Å². The Morgan fingerprint density at radius 3 is 2.00 bits per heavy atom. The maximum Gasteiger partial charge on any atom is 0.374 e. The Kier molecular flexibility index (Phi) is 3.84. The molecule has 0 spiro atoms. The Morgan fingerprint density at radius 1 is 1.00 bits per heavy atom. The van der Waals surface area contributed by atoms with Gasteiger partial charge < -0.3 is 0 Å². The highest BCUT2D eigenvalue weighted by molar-refractivity contribution is 7.69. The molecule has 0 nitrogen and oxygen atoms in total. The van der Waals surface area contributed by atoms with Crippen LogP contribution >= 0.6 is 56.4 Å². The van der Waals surface area contributed by atoms with Crippen LogP contribution in [0.1, 0.15) is 5.56 Å². The van der Waals surface area contributed by atoms with Gasteiger partial charge >= 0.3 is 6.00 Å². The number of hydrogen-bond donors (Lipinski definition) is 0. The van der Waals surface area contributed by atoms with E-state index < -0.39 is 6.00 Å². The molecule has 0 aromatic heterocycles. The third kappa shape index (κ3) is 2.92. The van der Waals surface area contributed by atoms with Crippen LogP contribution in [0, 0.1) is 6.92 Å². The summed E-state index contributed by atoms with van der Waals surface area (Å²) in [5.74, 6) is 0. The van der Waals surface area contributed by atoms with E-state index in [1.807, 2.05) is 6.92 Å². The summed E-state index contributed by atoms with van der Waals surface area (Å²) in [5, 5.41) is 1.57. The maximum absolute atomic E-state index is 5.91. The van der Waals surface area contributed by atoms with E-state index in [0.717, 1.165) is 5.56 Å². The maximum atomic E-state index is 5.91. The molecule has 1 aromatic carbocycles. The van der Waals surface area contributed by atoms with Gasteiger partial charge in [-0.05, 0) is 24.6 Å². The first-order valence-electron chi connectivity index (χ1n) is 3.35. The minimum atomic E-state index is -2.93. The molecule has 0 amide bonds. The Bertz CT molecular complexity index is 330. The van der Waals surface area contributed by atoms with Crippen molar-refractivity contribution in [3.8, 4) is 0 Å². The fourth-order valence-electron chi connectivity index (χ4n) is 0.864. The summed E-state index contributed by atoms with van der Waals surface area (Å²) in [6.45, 7) is 1.85. The topological polar surface area (TPSA) is 0 Å². The van der Waals surface area contributed by atoms with Crippen molar-refractivity contribution >= 4 is 67.6 Å². The van der Waals surface area contributed by atoms with E-state index in [9.17, 15) is 0 Å². The van der Waals surface area contributed by atoms with E-state index in [2.05, 4.69) is 0 Å². The number of aryl methyl sites for hydroxylation is 1. The minimum absolute atomic E-state index is 0.466. The lowest BCUT2D eigenvalue weighted by atomic mass is 10.2. The van der Waals surface area contributed by atoms with Gasteiger partial charge in [0.05, 0.1) is 0 Å². The molecule has 1 aromatic rings. The molecular weight excluding hydrogens is 289 g/mol. The predicted octanol–water partition coefficient (Wildman–Crippen LogP) is 4.16. The number of hydrogen-bond acceptors (Lipinski definition) is 0. The van der Waals surface area contributed by atoms with Crippen molar-refractivity contribution < 1.29 is 0 Å². The Labute approximate surface area is 102 Å². The lowest BCUT2D eigenvalue weighted by Crippen LogP contribution is -2.31. The molecule has 72 valence electrons. The van der Waals surface area contributed by atoms with E-state index in [1.54, 1.807) is 12.1 Å². The van der Waals surface area contributed by atoms with Crippen LogP contribution < -0.4 is 5.19 Å². The quantitative estimate of drug-likeness (QED) is 0.539. The standard InChI is InChI=1S/C7H5Cl5Si/c1-4-2-6(9)7(3-5(4)8)13(10,11)12/h2-3H,1H3. The summed E-state index contributed by atoms with van der Waals surface area (Å²) in [5.41, 5.74) is 0.874. The molecule has 0 saturated carbocycles. The molecule has 0 aliphatic carbocycles. The summed E-state index contributed by atoms with van der Waals surface area (Å²) in [7, 11) is 0. The van der Waals surface area contributed by atoms with Crippen molar-refractivity contribution in [2.45, 2.75) is 6.92 Å². The molecule has 0 unspecified atom stereocenters. The highest BCUT2D eigenvalue weighted by Crippen LogP contribution is 2.27. The van der Waals surface area contributed by atoms with Gasteiger partial charge in [0.1, 0.15) is 0 Å². The molecule has 0 bridgehead atoms. The minimum Gasteiger partial charge on any atom is -0.121 e.